The van der Waals surface area contributed by atoms with Gasteiger partial charge in [0.2, 0.25) is 0 Å². The molecule has 6 nitrogen and oxygen atoms in total. The number of halogens is 4. The fourth-order valence-corrected chi connectivity index (χ4v) is 2.29. The maximum atomic E-state index is 13.0. The molecule has 1 aromatic carbocycles. The molecule has 0 radical (unpaired) electrons. The minimum atomic E-state index is -4.71. The van der Waals surface area contributed by atoms with E-state index in [2.05, 4.69) is 15.4 Å². The van der Waals surface area contributed by atoms with Crippen LogP contribution in [0.2, 0.25) is 5.02 Å². The van der Waals surface area contributed by atoms with Gasteiger partial charge in [-0.05, 0) is 24.4 Å². The molecular weight excluding hydrogens is 371 g/mol. The van der Waals surface area contributed by atoms with E-state index in [0.717, 1.165) is 4.68 Å². The third-order valence-corrected chi connectivity index (χ3v) is 3.64. The minimum absolute atomic E-state index is 0.0158. The molecule has 138 valence electrons. The average molecular weight is 386 g/mol. The van der Waals surface area contributed by atoms with Crippen LogP contribution < -0.4 is 11.1 Å². The topological polar surface area (TPSA) is 85.3 Å². The van der Waals surface area contributed by atoms with E-state index in [9.17, 15) is 18.0 Å². The molecule has 1 heterocycles. The number of aliphatic imine (C=N–C) groups is 1. The first-order valence-electron chi connectivity index (χ1n) is 7.32. The zero-order chi connectivity index (χ0) is 19.3. The smallest absolute Gasteiger partial charge is 0.405 e. The molecule has 0 atom stereocenters. The van der Waals surface area contributed by atoms with Crippen LogP contribution in [0.5, 0.6) is 0 Å². The number of para-hydroxylation sites is 1. The Morgan fingerprint density at radius 2 is 2.12 bits per heavy atom. The van der Waals surface area contributed by atoms with Gasteiger partial charge in [-0.25, -0.2) is 4.68 Å². The molecule has 1 amide bonds. The van der Waals surface area contributed by atoms with Crippen molar-refractivity contribution in [1.82, 2.24) is 15.1 Å². The molecule has 0 aliphatic heterocycles. The summed E-state index contributed by atoms with van der Waals surface area (Å²) in [4.78, 5) is 16.3. The minimum Gasteiger partial charge on any atom is -0.405 e. The Labute approximate surface area is 152 Å². The summed E-state index contributed by atoms with van der Waals surface area (Å²) >= 11 is 6.03. The monoisotopic (exact) mass is 385 g/mol. The Kier molecular flexibility index (Phi) is 6.04. The molecule has 0 saturated heterocycles. The average Bonchev–Trinajstić information content (AvgIpc) is 3.04. The molecule has 2 aromatic rings. The fraction of sp³-hybridized carbons (Fsp3) is 0.188. The molecule has 0 aliphatic carbocycles. The van der Waals surface area contributed by atoms with Crippen LogP contribution in [0.1, 0.15) is 16.2 Å². The largest absolute Gasteiger partial charge is 0.435 e. The Morgan fingerprint density at radius 1 is 1.42 bits per heavy atom. The first-order valence-corrected chi connectivity index (χ1v) is 7.70. The summed E-state index contributed by atoms with van der Waals surface area (Å²) in [6, 6.07) is 6.80. The van der Waals surface area contributed by atoms with Gasteiger partial charge >= 0.3 is 6.18 Å². The van der Waals surface area contributed by atoms with Gasteiger partial charge in [-0.15, -0.1) is 0 Å². The van der Waals surface area contributed by atoms with Gasteiger partial charge in [0.05, 0.1) is 23.0 Å². The normalized spacial score (nSPS) is 12.6. The Bertz CT molecular complexity index is 858. The maximum Gasteiger partial charge on any atom is 0.435 e. The van der Waals surface area contributed by atoms with Gasteiger partial charge in [0, 0.05) is 13.1 Å². The molecule has 0 bridgehead atoms. The van der Waals surface area contributed by atoms with E-state index in [1.807, 2.05) is 0 Å². The molecule has 26 heavy (non-hydrogen) atoms. The first-order chi connectivity index (χ1) is 12.3. The standard InChI is InChI=1S/C16H15ClF3N5O/c1-22-10(6-7-21)9-23-15(26)13-8-14(16(18,19)20)24-25(13)12-5-3-2-4-11(12)17/h2-8H,9,21H2,1H3,(H,23,26)/b7-6-,22-10?. The predicted octanol–water partition coefficient (Wildman–Crippen LogP) is 2.82. The van der Waals surface area contributed by atoms with Crippen molar-refractivity contribution in [2.75, 3.05) is 13.6 Å². The number of nitrogens with two attached hydrogens (primary N) is 1. The van der Waals surface area contributed by atoms with Gasteiger partial charge in [-0.1, -0.05) is 23.7 Å². The van der Waals surface area contributed by atoms with E-state index >= 15 is 0 Å². The van der Waals surface area contributed by atoms with Crippen LogP contribution in [0, 0.1) is 0 Å². The van der Waals surface area contributed by atoms with Crippen molar-refractivity contribution in [3.63, 3.8) is 0 Å². The lowest BCUT2D eigenvalue weighted by Gasteiger charge is -2.09. The number of rotatable bonds is 5. The van der Waals surface area contributed by atoms with Gasteiger partial charge in [-0.3, -0.25) is 9.79 Å². The second kappa shape index (κ2) is 8.05. The quantitative estimate of drug-likeness (QED) is 0.776. The molecular formula is C16H15ClF3N5O. The lowest BCUT2D eigenvalue weighted by molar-refractivity contribution is -0.141. The van der Waals surface area contributed by atoms with Crippen molar-refractivity contribution in [3.8, 4) is 5.69 Å². The number of aromatic nitrogens is 2. The summed E-state index contributed by atoms with van der Waals surface area (Å²) in [5.41, 5.74) is 4.35. The number of hydrogen-bond donors (Lipinski definition) is 2. The van der Waals surface area contributed by atoms with Gasteiger partial charge in [0.1, 0.15) is 5.69 Å². The molecule has 0 aliphatic rings. The first kappa shape index (κ1) is 19.5. The van der Waals surface area contributed by atoms with Gasteiger partial charge < -0.3 is 11.1 Å². The molecule has 0 spiro atoms. The highest BCUT2D eigenvalue weighted by Crippen LogP contribution is 2.30. The Morgan fingerprint density at radius 3 is 2.69 bits per heavy atom. The summed E-state index contributed by atoms with van der Waals surface area (Å²) < 4.78 is 40.0. The SMILES string of the molecule is CN=C(/C=C\N)CNC(=O)c1cc(C(F)(F)F)nn1-c1ccccc1Cl. The van der Waals surface area contributed by atoms with Crippen LogP contribution in [0.4, 0.5) is 13.2 Å². The zero-order valence-corrected chi connectivity index (χ0v) is 14.3. The fourth-order valence-electron chi connectivity index (χ4n) is 2.07. The van der Waals surface area contributed by atoms with E-state index in [1.54, 1.807) is 12.1 Å². The van der Waals surface area contributed by atoms with Crippen molar-refractivity contribution < 1.29 is 18.0 Å². The predicted molar refractivity (Wildman–Crippen MR) is 92.6 cm³/mol. The van der Waals surface area contributed by atoms with Gasteiger partial charge in [0.25, 0.3) is 5.91 Å². The van der Waals surface area contributed by atoms with E-state index in [0.29, 0.717) is 11.8 Å². The van der Waals surface area contributed by atoms with E-state index < -0.39 is 17.8 Å². The third-order valence-electron chi connectivity index (χ3n) is 3.32. The van der Waals surface area contributed by atoms with Crippen molar-refractivity contribution in [2.24, 2.45) is 10.7 Å². The van der Waals surface area contributed by atoms with Crippen LogP contribution >= 0.6 is 11.6 Å². The number of carbonyl (C=O) groups excluding carboxylic acids is 1. The third kappa shape index (κ3) is 4.42. The lowest BCUT2D eigenvalue weighted by atomic mass is 10.2. The zero-order valence-electron chi connectivity index (χ0n) is 13.6. The van der Waals surface area contributed by atoms with Crippen LogP contribution in [-0.2, 0) is 6.18 Å². The van der Waals surface area contributed by atoms with Crippen LogP contribution in [0.15, 0.2) is 47.6 Å². The number of alkyl halides is 3. The highest BCUT2D eigenvalue weighted by atomic mass is 35.5. The second-order valence-electron chi connectivity index (χ2n) is 5.03. The molecule has 0 saturated carbocycles. The van der Waals surface area contributed by atoms with Crippen molar-refractivity contribution in [3.05, 3.63) is 59.0 Å². The maximum absolute atomic E-state index is 13.0. The second-order valence-corrected chi connectivity index (χ2v) is 5.44. The van der Waals surface area contributed by atoms with Crippen molar-refractivity contribution in [1.29, 1.82) is 0 Å². The van der Waals surface area contributed by atoms with Crippen LogP contribution in [0.3, 0.4) is 0 Å². The highest BCUT2D eigenvalue weighted by molar-refractivity contribution is 6.32. The van der Waals surface area contributed by atoms with Crippen LogP contribution in [0.25, 0.3) is 5.69 Å². The summed E-state index contributed by atoms with van der Waals surface area (Å²) in [6.07, 6.45) is -2.00. The number of nitrogens with zero attached hydrogens (tertiary/aromatic N) is 3. The Hall–Kier alpha value is -2.81. The van der Waals surface area contributed by atoms with Gasteiger partial charge in [0.15, 0.2) is 5.69 Å². The van der Waals surface area contributed by atoms with E-state index in [-0.39, 0.29) is 22.9 Å². The van der Waals surface area contributed by atoms with Crippen LogP contribution in [-0.4, -0.2) is 35.0 Å². The molecule has 3 N–H and O–H groups in total. The lowest BCUT2D eigenvalue weighted by Crippen LogP contribution is -2.30. The van der Waals surface area contributed by atoms with E-state index in [1.165, 1.54) is 31.5 Å². The molecule has 2 rings (SSSR count). The molecule has 1 aromatic heterocycles. The number of benzene rings is 1. The molecule has 0 unspecified atom stereocenters. The van der Waals surface area contributed by atoms with Gasteiger partial charge in [-0.2, -0.15) is 18.3 Å². The summed E-state index contributed by atoms with van der Waals surface area (Å²) in [5.74, 6) is -0.764. The summed E-state index contributed by atoms with van der Waals surface area (Å²) in [5, 5.41) is 6.13. The van der Waals surface area contributed by atoms with E-state index in [4.69, 9.17) is 17.3 Å². The number of hydrogen-bond acceptors (Lipinski definition) is 4. The molecule has 0 fully saturated rings. The van der Waals surface area contributed by atoms with Crippen molar-refractivity contribution in [2.45, 2.75) is 6.18 Å². The number of nitrogens with one attached hydrogen (secondary N) is 1. The van der Waals surface area contributed by atoms with Crippen molar-refractivity contribution >= 4 is 23.2 Å². The summed E-state index contributed by atoms with van der Waals surface area (Å²) in [7, 11) is 1.50. The Balaban J connectivity index is 2.42. The number of carbonyl (C=O) groups is 1. The highest BCUT2D eigenvalue weighted by Gasteiger charge is 2.36. The summed E-state index contributed by atoms with van der Waals surface area (Å²) in [6.45, 7) is -0.0158. The molecule has 10 heteroatoms. The number of amides is 1.